The maximum Gasteiger partial charge on any atom is 0.334 e. The minimum absolute atomic E-state index is 0.132. The maximum absolute atomic E-state index is 11.6. The Kier molecular flexibility index (Phi) is 5.14. The number of aliphatic hydroxyl groups is 1. The van der Waals surface area contributed by atoms with E-state index >= 15 is 0 Å². The van der Waals surface area contributed by atoms with Gasteiger partial charge in [0, 0.05) is 17.2 Å². The Labute approximate surface area is 151 Å². The smallest absolute Gasteiger partial charge is 0.334 e. The number of fused-ring (bicyclic) bond motifs is 1. The van der Waals surface area contributed by atoms with Gasteiger partial charge in [-0.15, -0.1) is 0 Å². The van der Waals surface area contributed by atoms with Crippen LogP contribution in [0.2, 0.25) is 0 Å². The molecular formula is C20H20O6. The molecule has 0 saturated carbocycles. The molecule has 0 radical (unpaired) electrons. The average Bonchev–Trinajstić information content (AvgIpc) is 2.95. The maximum atomic E-state index is 11.6. The van der Waals surface area contributed by atoms with Crippen molar-refractivity contribution in [1.29, 1.82) is 0 Å². The van der Waals surface area contributed by atoms with E-state index in [-0.39, 0.29) is 12.4 Å². The molecule has 6 heteroatoms. The molecule has 2 aromatic rings. The molecule has 1 aliphatic heterocycles. The van der Waals surface area contributed by atoms with Gasteiger partial charge in [0.15, 0.2) is 0 Å². The van der Waals surface area contributed by atoms with Gasteiger partial charge in [-0.05, 0) is 30.7 Å². The first-order chi connectivity index (χ1) is 12.6. The third-order valence-electron chi connectivity index (χ3n) is 4.07. The van der Waals surface area contributed by atoms with E-state index in [0.717, 1.165) is 23.0 Å². The van der Waals surface area contributed by atoms with E-state index in [9.17, 15) is 9.90 Å². The molecular weight excluding hydrogens is 336 g/mol. The van der Waals surface area contributed by atoms with Crippen LogP contribution in [0.3, 0.4) is 0 Å². The summed E-state index contributed by atoms with van der Waals surface area (Å²) in [5.41, 5.74) is 2.27. The van der Waals surface area contributed by atoms with Crippen molar-refractivity contribution in [2.45, 2.75) is 13.0 Å². The van der Waals surface area contributed by atoms with Crippen LogP contribution in [0, 0.1) is 0 Å². The monoisotopic (exact) mass is 356 g/mol. The van der Waals surface area contributed by atoms with E-state index in [1.807, 2.05) is 24.3 Å². The van der Waals surface area contributed by atoms with Crippen LogP contribution in [0.15, 0.2) is 48.2 Å². The molecule has 3 rings (SSSR count). The molecule has 1 heterocycles. The molecule has 6 nitrogen and oxygen atoms in total. The van der Waals surface area contributed by atoms with Crippen molar-refractivity contribution >= 4 is 5.97 Å². The summed E-state index contributed by atoms with van der Waals surface area (Å²) >= 11 is 0. The van der Waals surface area contributed by atoms with Gasteiger partial charge >= 0.3 is 5.97 Å². The van der Waals surface area contributed by atoms with Gasteiger partial charge in [0.2, 0.25) is 0 Å². The van der Waals surface area contributed by atoms with Crippen molar-refractivity contribution in [3.63, 3.8) is 0 Å². The summed E-state index contributed by atoms with van der Waals surface area (Å²) in [6, 6.07) is 11.0. The van der Waals surface area contributed by atoms with E-state index in [1.165, 1.54) is 0 Å². The Balaban J connectivity index is 1.99. The number of esters is 1. The summed E-state index contributed by atoms with van der Waals surface area (Å²) in [6.07, 6.45) is 0.116. The number of rotatable bonds is 5. The van der Waals surface area contributed by atoms with Crippen molar-refractivity contribution < 1.29 is 28.8 Å². The van der Waals surface area contributed by atoms with Crippen LogP contribution in [-0.4, -0.2) is 31.9 Å². The first-order valence-electron chi connectivity index (χ1n) is 8.18. The highest BCUT2D eigenvalue weighted by atomic mass is 16.5. The van der Waals surface area contributed by atoms with Crippen LogP contribution < -0.4 is 14.2 Å². The van der Waals surface area contributed by atoms with Crippen LogP contribution in [0.4, 0.5) is 0 Å². The Morgan fingerprint density at radius 3 is 2.54 bits per heavy atom. The van der Waals surface area contributed by atoms with Crippen LogP contribution >= 0.6 is 0 Å². The highest BCUT2D eigenvalue weighted by molar-refractivity contribution is 5.83. The fourth-order valence-corrected chi connectivity index (χ4v) is 2.79. The first kappa shape index (κ1) is 17.8. The largest absolute Gasteiger partial charge is 0.497 e. The van der Waals surface area contributed by atoms with Gasteiger partial charge in [0.05, 0.1) is 26.9 Å². The lowest BCUT2D eigenvalue weighted by Crippen LogP contribution is -2.05. The van der Waals surface area contributed by atoms with Gasteiger partial charge < -0.3 is 24.1 Å². The normalized spacial score (nSPS) is 16.8. The molecule has 0 bridgehead atoms. The highest BCUT2D eigenvalue weighted by Crippen LogP contribution is 2.45. The third kappa shape index (κ3) is 3.36. The Bertz CT molecular complexity index is 838. The van der Waals surface area contributed by atoms with Crippen molar-refractivity contribution in [2.75, 3.05) is 20.8 Å². The zero-order valence-corrected chi connectivity index (χ0v) is 14.8. The zero-order chi connectivity index (χ0) is 18.7. The van der Waals surface area contributed by atoms with Crippen molar-refractivity contribution in [3.05, 3.63) is 53.8 Å². The molecule has 1 atom stereocenters. The van der Waals surface area contributed by atoms with Gasteiger partial charge in [-0.3, -0.25) is 0 Å². The van der Waals surface area contributed by atoms with Gasteiger partial charge in [-0.1, -0.05) is 12.1 Å². The van der Waals surface area contributed by atoms with Crippen LogP contribution in [0.25, 0.3) is 11.1 Å². The molecule has 1 N–H and O–H groups in total. The molecule has 2 aromatic carbocycles. The minimum atomic E-state index is -1.04. The summed E-state index contributed by atoms with van der Waals surface area (Å²) in [5.74, 6) is 1.36. The van der Waals surface area contributed by atoms with E-state index in [0.29, 0.717) is 17.1 Å². The second-order valence-corrected chi connectivity index (χ2v) is 5.62. The lowest BCUT2D eigenvalue weighted by atomic mass is 9.99. The molecule has 1 aliphatic rings. The number of benzene rings is 2. The molecule has 0 aliphatic carbocycles. The molecule has 0 saturated heterocycles. The van der Waals surface area contributed by atoms with Gasteiger partial charge in [-0.25, -0.2) is 4.79 Å². The van der Waals surface area contributed by atoms with Crippen molar-refractivity contribution in [2.24, 2.45) is 0 Å². The van der Waals surface area contributed by atoms with E-state index < -0.39 is 12.1 Å². The number of ether oxygens (including phenoxy) is 4. The molecule has 0 aromatic heterocycles. The summed E-state index contributed by atoms with van der Waals surface area (Å²) in [7, 11) is 3.17. The second kappa shape index (κ2) is 7.49. The van der Waals surface area contributed by atoms with Gasteiger partial charge in [0.25, 0.3) is 0 Å². The van der Waals surface area contributed by atoms with Crippen LogP contribution in [0.1, 0.15) is 18.6 Å². The highest BCUT2D eigenvalue weighted by Gasteiger charge is 2.30. The SMILES string of the molecule is CCOC(=O)/C=C1\Oc2cc(OC)c(-c3ccc(OC)cc3)cc2C1O. The molecule has 0 spiro atoms. The number of methoxy groups -OCH3 is 2. The molecule has 0 amide bonds. The molecule has 26 heavy (non-hydrogen) atoms. The first-order valence-corrected chi connectivity index (χ1v) is 8.18. The minimum Gasteiger partial charge on any atom is -0.497 e. The Morgan fingerprint density at radius 2 is 1.92 bits per heavy atom. The number of hydrogen-bond donors (Lipinski definition) is 1. The lowest BCUT2D eigenvalue weighted by molar-refractivity contribution is -0.137. The van der Waals surface area contributed by atoms with Crippen molar-refractivity contribution in [3.8, 4) is 28.4 Å². The Morgan fingerprint density at radius 1 is 1.19 bits per heavy atom. The summed E-state index contributed by atoms with van der Waals surface area (Å²) in [5, 5.41) is 10.5. The van der Waals surface area contributed by atoms with Gasteiger partial charge in [-0.2, -0.15) is 0 Å². The fourth-order valence-electron chi connectivity index (χ4n) is 2.79. The molecule has 0 fully saturated rings. The van der Waals surface area contributed by atoms with Crippen LogP contribution in [0.5, 0.6) is 17.2 Å². The predicted octanol–water partition coefficient (Wildman–Crippen LogP) is 3.24. The van der Waals surface area contributed by atoms with Crippen LogP contribution in [-0.2, 0) is 9.53 Å². The standard InChI is InChI=1S/C20H20O6/c1-4-25-19(21)11-18-20(22)15-9-14(16(24-3)10-17(15)26-18)12-5-7-13(23-2)8-6-12/h5-11,20,22H,4H2,1-3H3/b18-11-. The van der Waals surface area contributed by atoms with E-state index in [2.05, 4.69) is 0 Å². The average molecular weight is 356 g/mol. The summed E-state index contributed by atoms with van der Waals surface area (Å²) in [4.78, 5) is 11.6. The fraction of sp³-hybridized carbons (Fsp3) is 0.250. The number of carbonyl (C=O) groups is 1. The van der Waals surface area contributed by atoms with Gasteiger partial charge in [0.1, 0.15) is 29.1 Å². The number of carbonyl (C=O) groups excluding carboxylic acids is 1. The van der Waals surface area contributed by atoms with E-state index in [1.54, 1.807) is 33.3 Å². The van der Waals surface area contributed by atoms with Crippen molar-refractivity contribution in [1.82, 2.24) is 0 Å². The molecule has 1 unspecified atom stereocenters. The topological polar surface area (TPSA) is 74.2 Å². The predicted molar refractivity (Wildman–Crippen MR) is 95.3 cm³/mol. The zero-order valence-electron chi connectivity index (χ0n) is 14.8. The Hall–Kier alpha value is -2.99. The quantitative estimate of drug-likeness (QED) is 0.655. The third-order valence-corrected chi connectivity index (χ3v) is 4.07. The second-order valence-electron chi connectivity index (χ2n) is 5.62. The summed E-state index contributed by atoms with van der Waals surface area (Å²) in [6.45, 7) is 1.96. The van der Waals surface area contributed by atoms with E-state index in [4.69, 9.17) is 18.9 Å². The lowest BCUT2D eigenvalue weighted by Gasteiger charge is -2.12. The number of hydrogen-bond acceptors (Lipinski definition) is 6. The summed E-state index contributed by atoms with van der Waals surface area (Å²) < 4.78 is 21.1. The number of aliphatic hydroxyl groups excluding tert-OH is 1. The molecule has 136 valence electrons.